The van der Waals surface area contributed by atoms with Crippen LogP contribution in [0.15, 0.2) is 0 Å². The van der Waals surface area contributed by atoms with Crippen molar-refractivity contribution in [3.8, 4) is 0 Å². The Morgan fingerprint density at radius 2 is 2.20 bits per heavy atom. The summed E-state index contributed by atoms with van der Waals surface area (Å²) in [6, 6.07) is 0.114. The van der Waals surface area contributed by atoms with Crippen LogP contribution in [0.4, 0.5) is 0 Å². The first kappa shape index (κ1) is 15.0. The normalized spacial score (nSPS) is 21.9. The molecule has 0 aromatic carbocycles. The minimum atomic E-state index is -0.137. The highest BCUT2D eigenvalue weighted by molar-refractivity contribution is 5.90. The summed E-state index contributed by atoms with van der Waals surface area (Å²) in [6.07, 6.45) is 2.08. The molecule has 1 aliphatic heterocycles. The number of carbonyl (C=O) groups is 1. The first-order chi connectivity index (χ1) is 9.29. The highest BCUT2D eigenvalue weighted by Gasteiger charge is 2.29. The maximum Gasteiger partial charge on any atom is 0.293 e. The van der Waals surface area contributed by atoms with Crippen molar-refractivity contribution in [3.05, 3.63) is 11.6 Å². The number of carbonyl (C=O) groups excluding carboxylic acids is 1. The van der Waals surface area contributed by atoms with Crippen LogP contribution < -0.4 is 5.73 Å². The zero-order valence-corrected chi connectivity index (χ0v) is 12.8. The van der Waals surface area contributed by atoms with Gasteiger partial charge in [0, 0.05) is 24.5 Å². The van der Waals surface area contributed by atoms with Crippen molar-refractivity contribution in [2.45, 2.75) is 52.0 Å². The van der Waals surface area contributed by atoms with Crippen molar-refractivity contribution in [1.29, 1.82) is 0 Å². The van der Waals surface area contributed by atoms with Gasteiger partial charge in [-0.05, 0) is 25.7 Å². The van der Waals surface area contributed by atoms with Crippen LogP contribution in [-0.2, 0) is 5.41 Å². The molecule has 1 aliphatic rings. The van der Waals surface area contributed by atoms with E-state index in [0.717, 1.165) is 25.2 Å². The molecule has 3 N–H and O–H groups in total. The molecule has 0 saturated carbocycles. The second-order valence-corrected chi connectivity index (χ2v) is 6.77. The van der Waals surface area contributed by atoms with Gasteiger partial charge in [0.2, 0.25) is 5.82 Å². The van der Waals surface area contributed by atoms with Crippen LogP contribution in [0, 0.1) is 5.92 Å². The van der Waals surface area contributed by atoms with Crippen molar-refractivity contribution in [3.63, 3.8) is 0 Å². The largest absolute Gasteiger partial charge is 0.336 e. The molecule has 2 heterocycles. The third-order valence-electron chi connectivity index (χ3n) is 3.88. The molecule has 1 aromatic heterocycles. The van der Waals surface area contributed by atoms with E-state index in [1.807, 2.05) is 32.6 Å². The number of likely N-dealkylation sites (tertiary alicyclic amines) is 1. The summed E-state index contributed by atoms with van der Waals surface area (Å²) in [5.74, 6) is 1.28. The Labute approximate surface area is 120 Å². The average molecular weight is 279 g/mol. The predicted molar refractivity (Wildman–Crippen MR) is 77.4 cm³/mol. The van der Waals surface area contributed by atoms with Crippen LogP contribution in [0.2, 0.25) is 0 Å². The Morgan fingerprint density at radius 3 is 2.75 bits per heavy atom. The van der Waals surface area contributed by atoms with E-state index in [2.05, 4.69) is 15.2 Å². The average Bonchev–Trinajstić information content (AvgIpc) is 2.87. The van der Waals surface area contributed by atoms with Gasteiger partial charge in [0.1, 0.15) is 5.82 Å². The minimum Gasteiger partial charge on any atom is -0.336 e. The summed E-state index contributed by atoms with van der Waals surface area (Å²) in [4.78, 5) is 18.6. The molecule has 6 nitrogen and oxygen atoms in total. The summed E-state index contributed by atoms with van der Waals surface area (Å²) in [6.45, 7) is 9.58. The number of H-pyrrole nitrogens is 1. The first-order valence-electron chi connectivity index (χ1n) is 7.27. The SMILES string of the molecule is CC(N)C1CCCN(C(=O)c2n[nH]c(C(C)(C)C)n2)C1. The zero-order chi connectivity index (χ0) is 14.9. The van der Waals surface area contributed by atoms with Gasteiger partial charge in [0.25, 0.3) is 5.91 Å². The number of nitrogens with zero attached hydrogens (tertiary/aromatic N) is 3. The maximum atomic E-state index is 12.4. The predicted octanol–water partition coefficient (Wildman–Crippen LogP) is 1.30. The molecule has 1 aromatic rings. The highest BCUT2D eigenvalue weighted by Crippen LogP contribution is 2.21. The lowest BCUT2D eigenvalue weighted by Crippen LogP contribution is -2.45. The maximum absolute atomic E-state index is 12.4. The Kier molecular flexibility index (Phi) is 4.13. The molecular weight excluding hydrogens is 254 g/mol. The molecule has 2 unspecified atom stereocenters. The van der Waals surface area contributed by atoms with Gasteiger partial charge < -0.3 is 10.6 Å². The number of piperidine rings is 1. The van der Waals surface area contributed by atoms with Crippen LogP contribution in [0.1, 0.15) is 57.0 Å². The van der Waals surface area contributed by atoms with Crippen molar-refractivity contribution < 1.29 is 4.79 Å². The molecule has 0 spiro atoms. The van der Waals surface area contributed by atoms with Gasteiger partial charge in [-0.1, -0.05) is 20.8 Å². The van der Waals surface area contributed by atoms with E-state index in [1.165, 1.54) is 0 Å². The quantitative estimate of drug-likeness (QED) is 0.854. The number of amides is 1. The molecular formula is C14H25N5O. The third kappa shape index (κ3) is 3.17. The fourth-order valence-electron chi connectivity index (χ4n) is 2.46. The zero-order valence-electron chi connectivity index (χ0n) is 12.8. The molecule has 1 fully saturated rings. The van der Waals surface area contributed by atoms with E-state index in [9.17, 15) is 4.79 Å². The Bertz CT molecular complexity index is 474. The lowest BCUT2D eigenvalue weighted by Gasteiger charge is -2.33. The molecule has 112 valence electrons. The molecule has 0 aliphatic carbocycles. The fourth-order valence-corrected chi connectivity index (χ4v) is 2.46. The van der Waals surface area contributed by atoms with Crippen molar-refractivity contribution >= 4 is 5.91 Å². The standard InChI is InChI=1S/C14H25N5O/c1-9(15)10-6-5-7-19(8-10)12(20)11-16-13(18-17-11)14(2,3)4/h9-10H,5-8,15H2,1-4H3,(H,16,17,18). The van der Waals surface area contributed by atoms with Crippen LogP contribution in [0.5, 0.6) is 0 Å². The van der Waals surface area contributed by atoms with E-state index in [0.29, 0.717) is 12.5 Å². The molecule has 1 amide bonds. The molecule has 0 radical (unpaired) electrons. The Morgan fingerprint density at radius 1 is 1.50 bits per heavy atom. The number of aromatic nitrogens is 3. The lowest BCUT2D eigenvalue weighted by molar-refractivity contribution is 0.0649. The Hall–Kier alpha value is -1.43. The van der Waals surface area contributed by atoms with Gasteiger partial charge >= 0.3 is 0 Å². The molecule has 2 rings (SSSR count). The fraction of sp³-hybridized carbons (Fsp3) is 0.786. The molecule has 6 heteroatoms. The van der Waals surface area contributed by atoms with Gasteiger partial charge in [-0.25, -0.2) is 4.98 Å². The van der Waals surface area contributed by atoms with Crippen LogP contribution in [0.25, 0.3) is 0 Å². The Balaban J connectivity index is 2.09. The van der Waals surface area contributed by atoms with E-state index >= 15 is 0 Å². The summed E-state index contributed by atoms with van der Waals surface area (Å²) >= 11 is 0. The van der Waals surface area contributed by atoms with Crippen LogP contribution in [-0.4, -0.2) is 45.1 Å². The van der Waals surface area contributed by atoms with E-state index in [4.69, 9.17) is 5.73 Å². The first-order valence-corrected chi connectivity index (χ1v) is 7.27. The van der Waals surface area contributed by atoms with Gasteiger partial charge in [-0.2, -0.15) is 0 Å². The minimum absolute atomic E-state index is 0.0953. The molecule has 1 saturated heterocycles. The number of hydrogen-bond donors (Lipinski definition) is 2. The van der Waals surface area contributed by atoms with Gasteiger partial charge in [-0.3, -0.25) is 9.89 Å². The second kappa shape index (κ2) is 5.52. The second-order valence-electron chi connectivity index (χ2n) is 6.77. The van der Waals surface area contributed by atoms with Crippen molar-refractivity contribution in [2.24, 2.45) is 11.7 Å². The van der Waals surface area contributed by atoms with Gasteiger partial charge in [-0.15, -0.1) is 5.10 Å². The number of hydrogen-bond acceptors (Lipinski definition) is 4. The lowest BCUT2D eigenvalue weighted by atomic mass is 9.92. The van der Waals surface area contributed by atoms with E-state index < -0.39 is 0 Å². The van der Waals surface area contributed by atoms with Gasteiger partial charge in [0.05, 0.1) is 0 Å². The van der Waals surface area contributed by atoms with E-state index in [1.54, 1.807) is 0 Å². The van der Waals surface area contributed by atoms with Crippen LogP contribution in [0.3, 0.4) is 0 Å². The third-order valence-corrected chi connectivity index (χ3v) is 3.88. The van der Waals surface area contributed by atoms with E-state index in [-0.39, 0.29) is 23.2 Å². The number of rotatable bonds is 2. The highest BCUT2D eigenvalue weighted by atomic mass is 16.2. The summed E-state index contributed by atoms with van der Waals surface area (Å²) in [5.41, 5.74) is 5.82. The summed E-state index contributed by atoms with van der Waals surface area (Å²) in [7, 11) is 0. The number of nitrogens with two attached hydrogens (primary N) is 1. The van der Waals surface area contributed by atoms with Crippen molar-refractivity contribution in [2.75, 3.05) is 13.1 Å². The smallest absolute Gasteiger partial charge is 0.293 e. The summed E-state index contributed by atoms with van der Waals surface area (Å²) < 4.78 is 0. The van der Waals surface area contributed by atoms with Crippen LogP contribution >= 0.6 is 0 Å². The number of nitrogens with one attached hydrogen (secondary N) is 1. The monoisotopic (exact) mass is 279 g/mol. The van der Waals surface area contributed by atoms with Crippen molar-refractivity contribution in [1.82, 2.24) is 20.1 Å². The number of aromatic amines is 1. The topological polar surface area (TPSA) is 87.9 Å². The summed E-state index contributed by atoms with van der Waals surface area (Å²) in [5, 5.41) is 6.94. The molecule has 20 heavy (non-hydrogen) atoms. The molecule has 0 bridgehead atoms. The molecule has 2 atom stereocenters. The van der Waals surface area contributed by atoms with Gasteiger partial charge in [0.15, 0.2) is 0 Å².